The fraction of sp³-hybridized carbons (Fsp3) is 0.533. The van der Waals surface area contributed by atoms with E-state index in [0.29, 0.717) is 6.61 Å². The largest absolute Gasteiger partial charge is 0.497 e. The van der Waals surface area contributed by atoms with Crippen molar-refractivity contribution in [1.29, 1.82) is 0 Å². The highest BCUT2D eigenvalue weighted by molar-refractivity contribution is 5.79. The van der Waals surface area contributed by atoms with Crippen molar-refractivity contribution in [3.05, 3.63) is 23.8 Å². The highest BCUT2D eigenvalue weighted by Crippen LogP contribution is 2.22. The first-order chi connectivity index (χ1) is 9.12. The molecule has 19 heavy (non-hydrogen) atoms. The van der Waals surface area contributed by atoms with E-state index in [2.05, 4.69) is 12.2 Å². The number of anilines is 1. The standard InChI is InChI=1S/C15H23NO3/c1-5-7-14(15(17)19-6-2)16-13-9-8-12(18-4)10-11(13)3/h8-10,14,16H,5-7H2,1-4H3. The van der Waals surface area contributed by atoms with Gasteiger partial charge in [0.1, 0.15) is 11.8 Å². The van der Waals surface area contributed by atoms with Crippen molar-refractivity contribution < 1.29 is 14.3 Å². The molecule has 0 aliphatic carbocycles. The monoisotopic (exact) mass is 265 g/mol. The van der Waals surface area contributed by atoms with Crippen molar-refractivity contribution >= 4 is 11.7 Å². The minimum absolute atomic E-state index is 0.195. The van der Waals surface area contributed by atoms with E-state index in [-0.39, 0.29) is 12.0 Å². The van der Waals surface area contributed by atoms with E-state index in [1.165, 1.54) is 0 Å². The molecular formula is C15H23NO3. The number of benzene rings is 1. The van der Waals surface area contributed by atoms with Gasteiger partial charge in [0, 0.05) is 5.69 Å². The van der Waals surface area contributed by atoms with E-state index in [1.54, 1.807) is 7.11 Å². The van der Waals surface area contributed by atoms with Crippen LogP contribution in [0.2, 0.25) is 0 Å². The normalized spacial score (nSPS) is 11.8. The molecule has 1 rings (SSSR count). The fourth-order valence-corrected chi connectivity index (χ4v) is 1.89. The molecule has 1 aromatic carbocycles. The molecular weight excluding hydrogens is 242 g/mol. The van der Waals surface area contributed by atoms with E-state index >= 15 is 0 Å². The van der Waals surface area contributed by atoms with Gasteiger partial charge in [-0.3, -0.25) is 0 Å². The number of nitrogens with one attached hydrogen (secondary N) is 1. The van der Waals surface area contributed by atoms with Crippen LogP contribution < -0.4 is 10.1 Å². The second-order valence-corrected chi connectivity index (χ2v) is 4.42. The summed E-state index contributed by atoms with van der Waals surface area (Å²) in [5.74, 6) is 0.616. The predicted octanol–water partition coefficient (Wildman–Crippen LogP) is 3.15. The van der Waals surface area contributed by atoms with Crippen LogP contribution in [0.3, 0.4) is 0 Å². The van der Waals surface area contributed by atoms with E-state index < -0.39 is 0 Å². The molecule has 0 radical (unpaired) electrons. The minimum Gasteiger partial charge on any atom is -0.497 e. The molecule has 1 aromatic rings. The van der Waals surface area contributed by atoms with Crippen LogP contribution in [0.25, 0.3) is 0 Å². The molecule has 4 nitrogen and oxygen atoms in total. The highest BCUT2D eigenvalue weighted by atomic mass is 16.5. The summed E-state index contributed by atoms with van der Waals surface area (Å²) < 4.78 is 10.3. The van der Waals surface area contributed by atoms with Gasteiger partial charge in [-0.05, 0) is 44.0 Å². The Bertz CT molecular complexity index is 418. The number of methoxy groups -OCH3 is 1. The fourth-order valence-electron chi connectivity index (χ4n) is 1.89. The number of ether oxygens (including phenoxy) is 2. The van der Waals surface area contributed by atoms with Crippen LogP contribution in [0, 0.1) is 6.92 Å². The average molecular weight is 265 g/mol. The molecule has 1 N–H and O–H groups in total. The molecule has 0 saturated heterocycles. The number of esters is 1. The highest BCUT2D eigenvalue weighted by Gasteiger charge is 2.19. The molecule has 0 saturated carbocycles. The Labute approximate surface area is 115 Å². The molecule has 0 amide bonds. The van der Waals surface area contributed by atoms with Gasteiger partial charge >= 0.3 is 5.97 Å². The number of carbonyl (C=O) groups excluding carboxylic acids is 1. The van der Waals surface area contributed by atoms with Gasteiger partial charge in [0.15, 0.2) is 0 Å². The van der Waals surface area contributed by atoms with Crippen LogP contribution in [0.1, 0.15) is 32.3 Å². The van der Waals surface area contributed by atoms with E-state index in [0.717, 1.165) is 29.8 Å². The Morgan fingerprint density at radius 1 is 1.37 bits per heavy atom. The van der Waals surface area contributed by atoms with Crippen LogP contribution in [0.15, 0.2) is 18.2 Å². The van der Waals surface area contributed by atoms with Gasteiger partial charge in [-0.15, -0.1) is 0 Å². The van der Waals surface area contributed by atoms with Gasteiger partial charge in [-0.25, -0.2) is 4.79 Å². The Morgan fingerprint density at radius 3 is 2.63 bits per heavy atom. The molecule has 0 heterocycles. The summed E-state index contributed by atoms with van der Waals surface area (Å²) in [6.07, 6.45) is 1.68. The molecule has 1 atom stereocenters. The van der Waals surface area contributed by atoms with E-state index in [4.69, 9.17) is 9.47 Å². The smallest absolute Gasteiger partial charge is 0.328 e. The van der Waals surface area contributed by atoms with Crippen molar-refractivity contribution in [3.8, 4) is 5.75 Å². The van der Waals surface area contributed by atoms with Gasteiger partial charge in [0.25, 0.3) is 0 Å². The summed E-state index contributed by atoms with van der Waals surface area (Å²) in [6, 6.07) is 5.45. The number of rotatable bonds is 7. The molecule has 0 aliphatic rings. The lowest BCUT2D eigenvalue weighted by Gasteiger charge is -2.19. The van der Waals surface area contributed by atoms with Gasteiger partial charge < -0.3 is 14.8 Å². The van der Waals surface area contributed by atoms with Crippen molar-refractivity contribution in [2.24, 2.45) is 0 Å². The Balaban J connectivity index is 2.81. The lowest BCUT2D eigenvalue weighted by Crippen LogP contribution is -2.31. The zero-order chi connectivity index (χ0) is 14.3. The Hall–Kier alpha value is -1.71. The molecule has 0 fully saturated rings. The first kappa shape index (κ1) is 15.3. The summed E-state index contributed by atoms with van der Waals surface area (Å²) in [6.45, 7) is 6.26. The zero-order valence-corrected chi connectivity index (χ0v) is 12.2. The second-order valence-electron chi connectivity index (χ2n) is 4.42. The summed E-state index contributed by atoms with van der Waals surface area (Å²) >= 11 is 0. The predicted molar refractivity (Wildman–Crippen MR) is 76.7 cm³/mol. The lowest BCUT2D eigenvalue weighted by atomic mass is 10.1. The van der Waals surface area contributed by atoms with Crippen LogP contribution in [0.4, 0.5) is 5.69 Å². The topological polar surface area (TPSA) is 47.6 Å². The number of carbonyl (C=O) groups is 1. The van der Waals surface area contributed by atoms with Crippen LogP contribution in [0.5, 0.6) is 5.75 Å². The molecule has 106 valence electrons. The quantitative estimate of drug-likeness (QED) is 0.769. The first-order valence-corrected chi connectivity index (χ1v) is 6.70. The van der Waals surface area contributed by atoms with Gasteiger partial charge in [0.05, 0.1) is 13.7 Å². The zero-order valence-electron chi connectivity index (χ0n) is 12.2. The summed E-state index contributed by atoms with van der Waals surface area (Å²) in [5.41, 5.74) is 1.98. The number of aryl methyl sites for hydroxylation is 1. The Kier molecular flexibility index (Phi) is 6.19. The van der Waals surface area contributed by atoms with Crippen molar-refractivity contribution in [3.63, 3.8) is 0 Å². The van der Waals surface area contributed by atoms with Crippen molar-refractivity contribution in [1.82, 2.24) is 0 Å². The number of hydrogen-bond acceptors (Lipinski definition) is 4. The van der Waals surface area contributed by atoms with Crippen molar-refractivity contribution in [2.75, 3.05) is 19.0 Å². The third kappa shape index (κ3) is 4.47. The minimum atomic E-state index is -0.294. The maximum atomic E-state index is 11.9. The van der Waals surface area contributed by atoms with Gasteiger partial charge in [-0.2, -0.15) is 0 Å². The van der Waals surface area contributed by atoms with Gasteiger partial charge in [0.2, 0.25) is 0 Å². The molecule has 1 unspecified atom stereocenters. The average Bonchev–Trinajstić information content (AvgIpc) is 2.40. The van der Waals surface area contributed by atoms with Gasteiger partial charge in [-0.1, -0.05) is 13.3 Å². The summed E-state index contributed by atoms with van der Waals surface area (Å²) in [7, 11) is 1.64. The van der Waals surface area contributed by atoms with Crippen LogP contribution >= 0.6 is 0 Å². The Morgan fingerprint density at radius 2 is 2.11 bits per heavy atom. The number of hydrogen-bond donors (Lipinski definition) is 1. The third-order valence-electron chi connectivity index (χ3n) is 2.91. The maximum absolute atomic E-state index is 11.9. The SMILES string of the molecule is CCCC(Nc1ccc(OC)cc1C)C(=O)OCC. The van der Waals surface area contributed by atoms with Crippen LogP contribution in [-0.4, -0.2) is 25.7 Å². The van der Waals surface area contributed by atoms with Crippen LogP contribution in [-0.2, 0) is 9.53 Å². The summed E-state index contributed by atoms with van der Waals surface area (Å²) in [4.78, 5) is 11.9. The van der Waals surface area contributed by atoms with E-state index in [1.807, 2.05) is 32.0 Å². The molecule has 0 spiro atoms. The third-order valence-corrected chi connectivity index (χ3v) is 2.91. The maximum Gasteiger partial charge on any atom is 0.328 e. The molecule has 4 heteroatoms. The molecule has 0 aromatic heterocycles. The van der Waals surface area contributed by atoms with E-state index in [9.17, 15) is 4.79 Å². The molecule has 0 bridgehead atoms. The van der Waals surface area contributed by atoms with Crippen molar-refractivity contribution in [2.45, 2.75) is 39.7 Å². The second kappa shape index (κ2) is 7.67. The molecule has 0 aliphatic heterocycles. The first-order valence-electron chi connectivity index (χ1n) is 6.70. The lowest BCUT2D eigenvalue weighted by molar-refractivity contribution is -0.144. The summed E-state index contributed by atoms with van der Waals surface area (Å²) in [5, 5.41) is 3.25.